The Kier molecular flexibility index (Phi) is 5.90. The predicted octanol–water partition coefficient (Wildman–Crippen LogP) is 0.189. The highest BCUT2D eigenvalue weighted by atomic mass is 16.2. The molecule has 7 nitrogen and oxygen atoms in total. The summed E-state index contributed by atoms with van der Waals surface area (Å²) >= 11 is 0. The third kappa shape index (κ3) is 4.51. The van der Waals surface area contributed by atoms with Crippen LogP contribution in [-0.4, -0.2) is 59.3 Å². The number of likely N-dealkylation sites (N-methyl/N-ethyl adjacent to an activating group) is 1. The van der Waals surface area contributed by atoms with Gasteiger partial charge in [0.1, 0.15) is 5.82 Å². The molecule has 1 aliphatic rings. The maximum atomic E-state index is 12.2. The molecule has 1 amide bonds. The molecule has 124 valence electrons. The summed E-state index contributed by atoms with van der Waals surface area (Å²) in [4.78, 5) is 14.0. The number of hydrogen-bond donors (Lipinski definition) is 2. The van der Waals surface area contributed by atoms with E-state index in [4.69, 9.17) is 0 Å². The Morgan fingerprint density at radius 2 is 2.14 bits per heavy atom. The molecule has 7 heteroatoms. The summed E-state index contributed by atoms with van der Waals surface area (Å²) in [7, 11) is 3.79. The molecule has 0 radical (unpaired) electrons. The molecule has 2 rings (SSSR count). The van der Waals surface area contributed by atoms with Crippen LogP contribution in [0.15, 0.2) is 0 Å². The van der Waals surface area contributed by atoms with E-state index < -0.39 is 0 Å². The van der Waals surface area contributed by atoms with Crippen LogP contribution < -0.4 is 10.6 Å². The average molecular weight is 308 g/mol. The number of aromatic nitrogens is 3. The van der Waals surface area contributed by atoms with Crippen molar-refractivity contribution in [2.45, 2.75) is 39.3 Å². The van der Waals surface area contributed by atoms with E-state index in [1.807, 2.05) is 19.0 Å². The molecule has 0 fully saturated rings. The van der Waals surface area contributed by atoms with Gasteiger partial charge in [-0.2, -0.15) is 0 Å². The Labute approximate surface area is 132 Å². The Morgan fingerprint density at radius 1 is 1.36 bits per heavy atom. The van der Waals surface area contributed by atoms with Crippen LogP contribution in [0.4, 0.5) is 0 Å². The maximum Gasteiger partial charge on any atom is 0.234 e. The van der Waals surface area contributed by atoms with Crippen LogP contribution in [0.2, 0.25) is 0 Å². The fraction of sp³-hybridized carbons (Fsp3) is 0.800. The number of amides is 1. The topological polar surface area (TPSA) is 75.1 Å². The van der Waals surface area contributed by atoms with Gasteiger partial charge in [0, 0.05) is 26.1 Å². The second kappa shape index (κ2) is 7.69. The van der Waals surface area contributed by atoms with Crippen LogP contribution in [0.1, 0.15) is 38.0 Å². The summed E-state index contributed by atoms with van der Waals surface area (Å²) < 4.78 is 2.17. The highest BCUT2D eigenvalue weighted by molar-refractivity contribution is 5.78. The molecule has 1 aromatic rings. The van der Waals surface area contributed by atoms with E-state index in [1.165, 1.54) is 0 Å². The molecule has 0 aromatic carbocycles. The molecule has 1 aliphatic heterocycles. The second-order valence-corrected chi connectivity index (χ2v) is 6.61. The minimum atomic E-state index is -0.0770. The van der Waals surface area contributed by atoms with Crippen molar-refractivity contribution in [1.82, 2.24) is 30.3 Å². The number of nitrogens with zero attached hydrogens (tertiary/aromatic N) is 4. The lowest BCUT2D eigenvalue weighted by molar-refractivity contribution is -0.122. The van der Waals surface area contributed by atoms with Gasteiger partial charge in [-0.15, -0.1) is 10.2 Å². The molecular formula is C15H28N6O. The molecule has 22 heavy (non-hydrogen) atoms. The normalized spacial score (nSPS) is 16.5. The first-order valence-corrected chi connectivity index (χ1v) is 8.04. The van der Waals surface area contributed by atoms with Gasteiger partial charge in [0.2, 0.25) is 5.91 Å². The average Bonchev–Trinajstić information content (AvgIpc) is 2.65. The van der Waals surface area contributed by atoms with Crippen LogP contribution >= 0.6 is 0 Å². The molecule has 1 unspecified atom stereocenters. The van der Waals surface area contributed by atoms with Crippen molar-refractivity contribution in [3.05, 3.63) is 11.6 Å². The lowest BCUT2D eigenvalue weighted by atomic mass is 10.0. The molecule has 0 aliphatic carbocycles. The van der Waals surface area contributed by atoms with Gasteiger partial charge in [-0.1, -0.05) is 13.8 Å². The Morgan fingerprint density at radius 3 is 2.82 bits per heavy atom. The van der Waals surface area contributed by atoms with E-state index in [0.29, 0.717) is 12.5 Å². The predicted molar refractivity (Wildman–Crippen MR) is 85.5 cm³/mol. The van der Waals surface area contributed by atoms with Gasteiger partial charge in [0.25, 0.3) is 0 Å². The first-order valence-electron chi connectivity index (χ1n) is 8.04. The van der Waals surface area contributed by atoms with Crippen molar-refractivity contribution in [3.63, 3.8) is 0 Å². The van der Waals surface area contributed by atoms with Crippen molar-refractivity contribution >= 4 is 5.91 Å². The molecule has 2 N–H and O–H groups in total. The Bertz CT molecular complexity index is 496. The molecular weight excluding hydrogens is 280 g/mol. The second-order valence-electron chi connectivity index (χ2n) is 6.61. The summed E-state index contributed by atoms with van der Waals surface area (Å²) in [5, 5.41) is 15.2. The molecule has 1 atom stereocenters. The summed E-state index contributed by atoms with van der Waals surface area (Å²) in [6.45, 7) is 7.41. The zero-order valence-electron chi connectivity index (χ0n) is 14.1. The van der Waals surface area contributed by atoms with E-state index in [-0.39, 0.29) is 11.9 Å². The SMILES string of the molecule is CC(C)CC(NC(=O)CN(C)C)c1nnc2n1CCNCC2. The van der Waals surface area contributed by atoms with Crippen molar-refractivity contribution < 1.29 is 4.79 Å². The van der Waals surface area contributed by atoms with E-state index >= 15 is 0 Å². The number of rotatable bonds is 6. The molecule has 0 saturated heterocycles. The van der Waals surface area contributed by atoms with Crippen molar-refractivity contribution in [3.8, 4) is 0 Å². The number of carbonyl (C=O) groups is 1. The van der Waals surface area contributed by atoms with Gasteiger partial charge < -0.3 is 20.1 Å². The zero-order chi connectivity index (χ0) is 16.1. The van der Waals surface area contributed by atoms with E-state index in [0.717, 1.165) is 44.1 Å². The maximum absolute atomic E-state index is 12.2. The van der Waals surface area contributed by atoms with E-state index in [2.05, 4.69) is 39.2 Å². The third-order valence-corrected chi connectivity index (χ3v) is 3.71. The first kappa shape index (κ1) is 16.9. The smallest absolute Gasteiger partial charge is 0.234 e. The quantitative estimate of drug-likeness (QED) is 0.785. The lowest BCUT2D eigenvalue weighted by Crippen LogP contribution is -2.37. The molecule has 0 spiro atoms. The lowest BCUT2D eigenvalue weighted by Gasteiger charge is -2.22. The minimum Gasteiger partial charge on any atom is -0.345 e. The Balaban J connectivity index is 2.18. The van der Waals surface area contributed by atoms with Crippen LogP contribution in [0.5, 0.6) is 0 Å². The van der Waals surface area contributed by atoms with E-state index in [1.54, 1.807) is 0 Å². The summed E-state index contributed by atoms with van der Waals surface area (Å²) in [5.41, 5.74) is 0. The molecule has 1 aromatic heterocycles. The van der Waals surface area contributed by atoms with E-state index in [9.17, 15) is 4.79 Å². The van der Waals surface area contributed by atoms with Crippen LogP contribution in [0.3, 0.4) is 0 Å². The van der Waals surface area contributed by atoms with Gasteiger partial charge in [-0.05, 0) is 26.4 Å². The highest BCUT2D eigenvalue weighted by Crippen LogP contribution is 2.21. The van der Waals surface area contributed by atoms with Crippen LogP contribution in [-0.2, 0) is 17.8 Å². The molecule has 2 heterocycles. The summed E-state index contributed by atoms with van der Waals surface area (Å²) in [6, 6.07) is -0.0770. The summed E-state index contributed by atoms with van der Waals surface area (Å²) in [5.74, 6) is 2.40. The van der Waals surface area contributed by atoms with Crippen LogP contribution in [0, 0.1) is 5.92 Å². The first-order chi connectivity index (χ1) is 10.5. The number of hydrogen-bond acceptors (Lipinski definition) is 5. The van der Waals surface area contributed by atoms with Crippen molar-refractivity contribution in [2.24, 2.45) is 5.92 Å². The van der Waals surface area contributed by atoms with Gasteiger partial charge in [0.15, 0.2) is 5.82 Å². The standard InChI is InChI=1S/C15H28N6O/c1-11(2)9-12(17-14(22)10-20(3)4)15-19-18-13-5-6-16-7-8-21(13)15/h11-12,16H,5-10H2,1-4H3,(H,17,22). The van der Waals surface area contributed by atoms with Gasteiger partial charge in [0.05, 0.1) is 12.6 Å². The number of fused-ring (bicyclic) bond motifs is 1. The fourth-order valence-electron chi connectivity index (χ4n) is 2.78. The fourth-order valence-corrected chi connectivity index (χ4v) is 2.78. The van der Waals surface area contributed by atoms with Crippen molar-refractivity contribution in [1.29, 1.82) is 0 Å². The van der Waals surface area contributed by atoms with Gasteiger partial charge >= 0.3 is 0 Å². The van der Waals surface area contributed by atoms with Gasteiger partial charge in [-0.25, -0.2) is 0 Å². The summed E-state index contributed by atoms with van der Waals surface area (Å²) in [6.07, 6.45) is 1.75. The monoisotopic (exact) mass is 308 g/mol. The number of nitrogens with one attached hydrogen (secondary N) is 2. The zero-order valence-corrected chi connectivity index (χ0v) is 14.1. The van der Waals surface area contributed by atoms with Gasteiger partial charge in [-0.3, -0.25) is 4.79 Å². The minimum absolute atomic E-state index is 0.0275. The number of carbonyl (C=O) groups excluding carboxylic acids is 1. The molecule has 0 saturated carbocycles. The van der Waals surface area contributed by atoms with Crippen molar-refractivity contribution in [2.75, 3.05) is 33.7 Å². The Hall–Kier alpha value is -1.47. The van der Waals surface area contributed by atoms with Crippen LogP contribution in [0.25, 0.3) is 0 Å². The largest absolute Gasteiger partial charge is 0.345 e. The molecule has 0 bridgehead atoms. The third-order valence-electron chi connectivity index (χ3n) is 3.71. The highest BCUT2D eigenvalue weighted by Gasteiger charge is 2.24.